The number of benzene rings is 1. The van der Waals surface area contributed by atoms with Crippen LogP contribution < -0.4 is 0 Å². The van der Waals surface area contributed by atoms with E-state index in [4.69, 9.17) is 5.26 Å². The van der Waals surface area contributed by atoms with Crippen LogP contribution in [0, 0.1) is 17.1 Å². The van der Waals surface area contributed by atoms with Crippen molar-refractivity contribution < 1.29 is 4.39 Å². The van der Waals surface area contributed by atoms with Crippen molar-refractivity contribution >= 4 is 10.9 Å². The molecule has 0 fully saturated rings. The predicted molar refractivity (Wildman–Crippen MR) is 52.3 cm³/mol. The maximum Gasteiger partial charge on any atom is 0.150 e. The minimum Gasteiger partial charge on any atom is -0.358 e. The van der Waals surface area contributed by atoms with Gasteiger partial charge in [0.15, 0.2) is 0 Å². The summed E-state index contributed by atoms with van der Waals surface area (Å²) in [7, 11) is 0. The highest BCUT2D eigenvalue weighted by Gasteiger charge is 2.08. The fraction of sp³-hybridized carbons (Fsp3) is 0.182. The summed E-state index contributed by atoms with van der Waals surface area (Å²) < 4.78 is 13.6. The van der Waals surface area contributed by atoms with E-state index in [1.807, 2.05) is 13.0 Å². The lowest BCUT2D eigenvalue weighted by Crippen LogP contribution is -1.83. The zero-order valence-corrected chi connectivity index (χ0v) is 7.76. The molecule has 0 amide bonds. The Morgan fingerprint density at radius 3 is 2.93 bits per heavy atom. The van der Waals surface area contributed by atoms with Gasteiger partial charge in [0, 0.05) is 16.6 Å². The zero-order valence-electron chi connectivity index (χ0n) is 7.76. The summed E-state index contributed by atoms with van der Waals surface area (Å²) in [6.45, 7) is 1.99. The Morgan fingerprint density at radius 1 is 1.50 bits per heavy atom. The Labute approximate surface area is 81.0 Å². The van der Waals surface area contributed by atoms with Gasteiger partial charge in [-0.25, -0.2) is 4.39 Å². The molecule has 0 unspecified atom stereocenters. The van der Waals surface area contributed by atoms with E-state index < -0.39 is 5.82 Å². The van der Waals surface area contributed by atoms with Crippen molar-refractivity contribution in [2.75, 3.05) is 0 Å². The molecule has 1 N–H and O–H groups in total. The molecule has 0 saturated carbocycles. The molecule has 1 aromatic heterocycles. The van der Waals surface area contributed by atoms with E-state index in [2.05, 4.69) is 4.98 Å². The number of nitrogens with zero attached hydrogens (tertiary/aromatic N) is 1. The van der Waals surface area contributed by atoms with Crippen molar-refractivity contribution in [1.82, 2.24) is 4.98 Å². The molecule has 2 nitrogen and oxygen atoms in total. The van der Waals surface area contributed by atoms with Crippen LogP contribution in [-0.4, -0.2) is 4.98 Å². The average molecular weight is 188 g/mol. The number of nitrogens with one attached hydrogen (secondary N) is 1. The fourth-order valence-electron chi connectivity index (χ4n) is 1.50. The van der Waals surface area contributed by atoms with Gasteiger partial charge in [0.2, 0.25) is 0 Å². The monoisotopic (exact) mass is 188 g/mol. The van der Waals surface area contributed by atoms with E-state index in [0.717, 1.165) is 17.6 Å². The van der Waals surface area contributed by atoms with Crippen LogP contribution in [0.2, 0.25) is 0 Å². The van der Waals surface area contributed by atoms with Gasteiger partial charge in [0.25, 0.3) is 0 Å². The average Bonchev–Trinajstić information content (AvgIpc) is 2.62. The van der Waals surface area contributed by atoms with Gasteiger partial charge in [-0.2, -0.15) is 5.26 Å². The van der Waals surface area contributed by atoms with E-state index in [0.29, 0.717) is 5.39 Å². The summed E-state index contributed by atoms with van der Waals surface area (Å²) in [6, 6.07) is 6.81. The highest BCUT2D eigenvalue weighted by molar-refractivity contribution is 5.82. The van der Waals surface area contributed by atoms with Crippen LogP contribution in [-0.2, 0) is 6.42 Å². The molecule has 2 rings (SSSR count). The van der Waals surface area contributed by atoms with Gasteiger partial charge in [-0.05, 0) is 24.6 Å². The lowest BCUT2D eigenvalue weighted by atomic mass is 10.1. The second-order valence-electron chi connectivity index (χ2n) is 3.15. The number of aryl methyl sites for hydroxylation is 1. The number of H-pyrrole nitrogens is 1. The van der Waals surface area contributed by atoms with Gasteiger partial charge >= 0.3 is 0 Å². The van der Waals surface area contributed by atoms with Gasteiger partial charge in [-0.15, -0.1) is 0 Å². The molecule has 0 aliphatic heterocycles. The lowest BCUT2D eigenvalue weighted by Gasteiger charge is -1.93. The topological polar surface area (TPSA) is 39.6 Å². The van der Waals surface area contributed by atoms with Crippen LogP contribution in [0.5, 0.6) is 0 Å². The van der Waals surface area contributed by atoms with Gasteiger partial charge in [0.1, 0.15) is 11.9 Å². The Balaban J connectivity index is 2.76. The normalized spacial score (nSPS) is 10.4. The number of fused-ring (bicyclic) bond motifs is 1. The first-order chi connectivity index (χ1) is 6.76. The summed E-state index contributed by atoms with van der Waals surface area (Å²) in [6.07, 6.45) is 0.829. The predicted octanol–water partition coefficient (Wildman–Crippen LogP) is 2.74. The largest absolute Gasteiger partial charge is 0.358 e. The van der Waals surface area contributed by atoms with Crippen molar-refractivity contribution in [3.05, 3.63) is 35.3 Å². The third kappa shape index (κ3) is 1.16. The minimum atomic E-state index is -0.430. The molecule has 0 aliphatic carbocycles. The van der Waals surface area contributed by atoms with Crippen molar-refractivity contribution in [2.45, 2.75) is 13.3 Å². The number of rotatable bonds is 1. The summed E-state index contributed by atoms with van der Waals surface area (Å²) >= 11 is 0. The highest BCUT2D eigenvalue weighted by Crippen LogP contribution is 2.21. The van der Waals surface area contributed by atoms with Crippen molar-refractivity contribution in [3.8, 4) is 6.07 Å². The molecule has 0 bridgehead atoms. The number of aromatic nitrogens is 1. The molecular formula is C11H9FN2. The van der Waals surface area contributed by atoms with Crippen LogP contribution in [0.3, 0.4) is 0 Å². The number of halogens is 1. The Kier molecular flexibility index (Phi) is 1.97. The van der Waals surface area contributed by atoms with Crippen LogP contribution in [0.25, 0.3) is 10.9 Å². The van der Waals surface area contributed by atoms with Crippen LogP contribution in [0.1, 0.15) is 18.2 Å². The van der Waals surface area contributed by atoms with E-state index in [-0.39, 0.29) is 5.56 Å². The smallest absolute Gasteiger partial charge is 0.150 e. The number of aromatic amines is 1. The number of hydrogen-bond donors (Lipinski definition) is 1. The van der Waals surface area contributed by atoms with Gasteiger partial charge in [0.05, 0.1) is 5.56 Å². The molecule has 70 valence electrons. The Hall–Kier alpha value is -1.82. The zero-order chi connectivity index (χ0) is 10.1. The molecule has 2 aromatic rings. The molecule has 0 spiro atoms. The van der Waals surface area contributed by atoms with Crippen LogP contribution >= 0.6 is 0 Å². The molecule has 1 heterocycles. The summed E-state index contributed by atoms with van der Waals surface area (Å²) in [4.78, 5) is 3.09. The quantitative estimate of drug-likeness (QED) is 0.734. The van der Waals surface area contributed by atoms with Gasteiger partial charge < -0.3 is 4.98 Å². The van der Waals surface area contributed by atoms with E-state index in [1.165, 1.54) is 6.07 Å². The molecule has 0 radical (unpaired) electrons. The first-order valence-electron chi connectivity index (χ1n) is 4.46. The first-order valence-corrected chi connectivity index (χ1v) is 4.46. The summed E-state index contributed by atoms with van der Waals surface area (Å²) in [5.41, 5.74) is 1.83. The third-order valence-corrected chi connectivity index (χ3v) is 2.29. The second-order valence-corrected chi connectivity index (χ2v) is 3.15. The number of hydrogen-bond acceptors (Lipinski definition) is 1. The molecular weight excluding hydrogens is 179 g/mol. The van der Waals surface area contributed by atoms with Gasteiger partial charge in [-0.3, -0.25) is 0 Å². The molecule has 0 atom stereocenters. The van der Waals surface area contributed by atoms with Crippen LogP contribution in [0.4, 0.5) is 4.39 Å². The van der Waals surface area contributed by atoms with E-state index in [9.17, 15) is 4.39 Å². The van der Waals surface area contributed by atoms with Crippen molar-refractivity contribution in [2.24, 2.45) is 0 Å². The maximum absolute atomic E-state index is 13.6. The third-order valence-electron chi connectivity index (χ3n) is 2.29. The summed E-state index contributed by atoms with van der Waals surface area (Å²) in [5, 5.41) is 9.14. The Bertz CT molecular complexity index is 520. The first kappa shape index (κ1) is 8.76. The van der Waals surface area contributed by atoms with E-state index >= 15 is 0 Å². The minimum absolute atomic E-state index is 0.0964. The maximum atomic E-state index is 13.6. The summed E-state index contributed by atoms with van der Waals surface area (Å²) in [5.74, 6) is -0.430. The Morgan fingerprint density at radius 2 is 2.29 bits per heavy atom. The van der Waals surface area contributed by atoms with E-state index in [1.54, 1.807) is 12.1 Å². The van der Waals surface area contributed by atoms with Crippen molar-refractivity contribution in [1.29, 1.82) is 5.26 Å². The molecule has 1 aromatic carbocycles. The standard InChI is InChI=1S/C11H9FN2/c1-2-8-5-9-10(14-8)4-3-7(6-13)11(9)12/h3-5,14H,2H2,1H3. The molecule has 3 heteroatoms. The number of nitriles is 1. The molecule has 0 aliphatic rings. The molecule has 14 heavy (non-hydrogen) atoms. The SMILES string of the molecule is CCc1cc2c(F)c(C#N)ccc2[nH]1. The molecule has 0 saturated heterocycles. The fourth-order valence-corrected chi connectivity index (χ4v) is 1.50. The lowest BCUT2D eigenvalue weighted by molar-refractivity contribution is 0.636. The second kappa shape index (κ2) is 3.15. The van der Waals surface area contributed by atoms with Gasteiger partial charge in [-0.1, -0.05) is 6.92 Å². The van der Waals surface area contributed by atoms with Crippen LogP contribution in [0.15, 0.2) is 18.2 Å². The highest BCUT2D eigenvalue weighted by atomic mass is 19.1. The van der Waals surface area contributed by atoms with Crippen molar-refractivity contribution in [3.63, 3.8) is 0 Å².